The zero-order chi connectivity index (χ0) is 12.7. The summed E-state index contributed by atoms with van der Waals surface area (Å²) in [5.74, 6) is 1.56. The Hall–Kier alpha value is -1.02. The van der Waals surface area contributed by atoms with Crippen LogP contribution in [-0.4, -0.2) is 13.7 Å². The second-order valence-corrected chi connectivity index (χ2v) is 4.78. The summed E-state index contributed by atoms with van der Waals surface area (Å²) in [7, 11) is 2.01. The van der Waals surface area contributed by atoms with Gasteiger partial charge in [-0.05, 0) is 37.1 Å². The van der Waals surface area contributed by atoms with Gasteiger partial charge in [0.2, 0.25) is 0 Å². The molecule has 0 saturated carbocycles. The number of rotatable bonds is 7. The molecule has 0 aliphatic heterocycles. The molecule has 0 saturated heterocycles. The van der Waals surface area contributed by atoms with Crippen LogP contribution in [0.3, 0.4) is 0 Å². The molecule has 0 bridgehead atoms. The Balaban J connectivity index is 2.60. The molecular formula is C15H25NO. The number of hydrogen-bond acceptors (Lipinski definition) is 2. The summed E-state index contributed by atoms with van der Waals surface area (Å²) in [6.07, 6.45) is 2.29. The molecule has 0 aromatic heterocycles. The van der Waals surface area contributed by atoms with Crippen molar-refractivity contribution in [1.82, 2.24) is 5.32 Å². The summed E-state index contributed by atoms with van der Waals surface area (Å²) in [5, 5.41) is 3.35. The zero-order valence-corrected chi connectivity index (χ0v) is 11.5. The summed E-state index contributed by atoms with van der Waals surface area (Å²) < 4.78 is 5.65. The van der Waals surface area contributed by atoms with Crippen LogP contribution in [0.2, 0.25) is 0 Å². The van der Waals surface area contributed by atoms with Gasteiger partial charge in [-0.15, -0.1) is 0 Å². The molecule has 0 radical (unpaired) electrons. The van der Waals surface area contributed by atoms with Gasteiger partial charge in [0.1, 0.15) is 5.75 Å². The van der Waals surface area contributed by atoms with Crippen molar-refractivity contribution >= 4 is 0 Å². The monoisotopic (exact) mass is 235 g/mol. The lowest BCUT2D eigenvalue weighted by atomic mass is 9.96. The fourth-order valence-corrected chi connectivity index (χ4v) is 1.99. The summed E-state index contributed by atoms with van der Waals surface area (Å²) in [4.78, 5) is 0. The normalized spacial score (nSPS) is 12.8. The van der Waals surface area contributed by atoms with Crippen LogP contribution >= 0.6 is 0 Å². The molecule has 1 unspecified atom stereocenters. The molecule has 1 aromatic carbocycles. The second-order valence-electron chi connectivity index (χ2n) is 4.78. The quantitative estimate of drug-likeness (QED) is 0.726. The first-order valence-electron chi connectivity index (χ1n) is 6.59. The SMILES string of the molecule is CCCCOc1ccc(C(NC)C(C)C)cc1. The molecule has 0 amide bonds. The molecule has 0 heterocycles. The summed E-state index contributed by atoms with van der Waals surface area (Å²) >= 11 is 0. The van der Waals surface area contributed by atoms with Crippen molar-refractivity contribution in [3.63, 3.8) is 0 Å². The van der Waals surface area contributed by atoms with Gasteiger partial charge in [-0.3, -0.25) is 0 Å². The van der Waals surface area contributed by atoms with E-state index < -0.39 is 0 Å². The van der Waals surface area contributed by atoms with E-state index >= 15 is 0 Å². The Morgan fingerprint density at radius 1 is 1.18 bits per heavy atom. The molecule has 0 aliphatic rings. The Kier molecular flexibility index (Phi) is 6.06. The van der Waals surface area contributed by atoms with Gasteiger partial charge >= 0.3 is 0 Å². The maximum absolute atomic E-state index is 5.65. The molecule has 0 fully saturated rings. The van der Waals surface area contributed by atoms with E-state index in [2.05, 4.69) is 50.4 Å². The lowest BCUT2D eigenvalue weighted by Gasteiger charge is -2.20. The van der Waals surface area contributed by atoms with Gasteiger partial charge < -0.3 is 10.1 Å². The second kappa shape index (κ2) is 7.33. The van der Waals surface area contributed by atoms with Crippen LogP contribution in [0.4, 0.5) is 0 Å². The third kappa shape index (κ3) is 4.39. The van der Waals surface area contributed by atoms with E-state index in [1.54, 1.807) is 0 Å². The topological polar surface area (TPSA) is 21.3 Å². The van der Waals surface area contributed by atoms with E-state index in [4.69, 9.17) is 4.74 Å². The van der Waals surface area contributed by atoms with Gasteiger partial charge in [-0.1, -0.05) is 39.3 Å². The van der Waals surface area contributed by atoms with Crippen LogP contribution in [0, 0.1) is 5.92 Å². The predicted molar refractivity (Wildman–Crippen MR) is 73.5 cm³/mol. The molecule has 0 aliphatic carbocycles. The molecule has 1 atom stereocenters. The number of hydrogen-bond donors (Lipinski definition) is 1. The molecule has 17 heavy (non-hydrogen) atoms. The zero-order valence-electron chi connectivity index (χ0n) is 11.5. The Morgan fingerprint density at radius 2 is 1.82 bits per heavy atom. The molecule has 0 spiro atoms. The van der Waals surface area contributed by atoms with Gasteiger partial charge in [0.15, 0.2) is 0 Å². The van der Waals surface area contributed by atoms with Crippen LogP contribution in [0.25, 0.3) is 0 Å². The third-order valence-electron chi connectivity index (χ3n) is 2.98. The van der Waals surface area contributed by atoms with Gasteiger partial charge in [-0.2, -0.15) is 0 Å². The van der Waals surface area contributed by atoms with Crippen molar-refractivity contribution in [1.29, 1.82) is 0 Å². The summed E-state index contributed by atoms with van der Waals surface area (Å²) in [6, 6.07) is 8.86. The Labute approximate surface area is 105 Å². The first-order valence-corrected chi connectivity index (χ1v) is 6.59. The average Bonchev–Trinajstić information content (AvgIpc) is 2.32. The van der Waals surface area contributed by atoms with Crippen LogP contribution in [0.15, 0.2) is 24.3 Å². The van der Waals surface area contributed by atoms with Crippen molar-refractivity contribution in [3.8, 4) is 5.75 Å². The van der Waals surface area contributed by atoms with Crippen molar-refractivity contribution < 1.29 is 4.74 Å². The van der Waals surface area contributed by atoms with Gasteiger partial charge in [0.05, 0.1) is 6.61 Å². The molecule has 1 N–H and O–H groups in total. The van der Waals surface area contributed by atoms with Crippen molar-refractivity contribution in [3.05, 3.63) is 29.8 Å². The van der Waals surface area contributed by atoms with E-state index in [0.717, 1.165) is 18.8 Å². The fourth-order valence-electron chi connectivity index (χ4n) is 1.99. The van der Waals surface area contributed by atoms with E-state index in [1.165, 1.54) is 12.0 Å². The standard InChI is InChI=1S/C15H25NO/c1-5-6-11-17-14-9-7-13(8-10-14)15(16-4)12(2)3/h7-10,12,15-16H,5-6,11H2,1-4H3. The lowest BCUT2D eigenvalue weighted by molar-refractivity contribution is 0.309. The molecule has 1 aromatic rings. The number of unbranched alkanes of at least 4 members (excludes halogenated alkanes) is 1. The maximum Gasteiger partial charge on any atom is 0.119 e. The highest BCUT2D eigenvalue weighted by Crippen LogP contribution is 2.23. The Morgan fingerprint density at radius 3 is 2.29 bits per heavy atom. The minimum absolute atomic E-state index is 0.416. The largest absolute Gasteiger partial charge is 0.494 e. The van der Waals surface area contributed by atoms with E-state index in [0.29, 0.717) is 12.0 Å². The average molecular weight is 235 g/mol. The minimum atomic E-state index is 0.416. The fraction of sp³-hybridized carbons (Fsp3) is 0.600. The van der Waals surface area contributed by atoms with E-state index in [1.807, 2.05) is 7.05 Å². The lowest BCUT2D eigenvalue weighted by Crippen LogP contribution is -2.21. The first-order chi connectivity index (χ1) is 8.19. The molecule has 96 valence electrons. The van der Waals surface area contributed by atoms with Crippen LogP contribution in [0.1, 0.15) is 45.2 Å². The Bertz CT molecular complexity index is 305. The van der Waals surface area contributed by atoms with Crippen molar-refractivity contribution in [2.75, 3.05) is 13.7 Å². The highest BCUT2D eigenvalue weighted by Gasteiger charge is 2.12. The van der Waals surface area contributed by atoms with Crippen LogP contribution < -0.4 is 10.1 Å². The summed E-state index contributed by atoms with van der Waals surface area (Å²) in [6.45, 7) is 7.45. The number of nitrogens with one attached hydrogen (secondary N) is 1. The molecular weight excluding hydrogens is 210 g/mol. The van der Waals surface area contributed by atoms with Crippen LogP contribution in [-0.2, 0) is 0 Å². The number of benzene rings is 1. The van der Waals surface area contributed by atoms with Gasteiger partial charge in [0.25, 0.3) is 0 Å². The van der Waals surface area contributed by atoms with Gasteiger partial charge in [0, 0.05) is 6.04 Å². The highest BCUT2D eigenvalue weighted by molar-refractivity contribution is 5.29. The van der Waals surface area contributed by atoms with E-state index in [-0.39, 0.29) is 0 Å². The minimum Gasteiger partial charge on any atom is -0.494 e. The number of ether oxygens (including phenoxy) is 1. The molecule has 2 nitrogen and oxygen atoms in total. The molecule has 1 rings (SSSR count). The predicted octanol–water partition coefficient (Wildman–Crippen LogP) is 3.78. The first kappa shape index (κ1) is 14.0. The maximum atomic E-state index is 5.65. The third-order valence-corrected chi connectivity index (χ3v) is 2.98. The van der Waals surface area contributed by atoms with Gasteiger partial charge in [-0.25, -0.2) is 0 Å². The molecule has 2 heteroatoms. The van der Waals surface area contributed by atoms with Crippen molar-refractivity contribution in [2.45, 2.75) is 39.7 Å². The highest BCUT2D eigenvalue weighted by atomic mass is 16.5. The smallest absolute Gasteiger partial charge is 0.119 e. The summed E-state index contributed by atoms with van der Waals surface area (Å²) in [5.41, 5.74) is 1.32. The van der Waals surface area contributed by atoms with E-state index in [9.17, 15) is 0 Å². The van der Waals surface area contributed by atoms with Crippen molar-refractivity contribution in [2.24, 2.45) is 5.92 Å². The van der Waals surface area contributed by atoms with Crippen LogP contribution in [0.5, 0.6) is 5.75 Å².